The minimum atomic E-state index is -0.201. The molecule has 0 spiro atoms. The average Bonchev–Trinajstić information content (AvgIpc) is 3.16. The molecule has 0 aromatic rings. The lowest BCUT2D eigenvalue weighted by Gasteiger charge is -2.37. The molecule has 1 amide bonds. The highest BCUT2D eigenvalue weighted by Gasteiger charge is 2.30. The van der Waals surface area contributed by atoms with Gasteiger partial charge in [-0.05, 0) is 25.7 Å². The largest absolute Gasteiger partial charge is 0.368 e. The maximum absolute atomic E-state index is 12.4. The number of nitrogens with one attached hydrogen (secondary N) is 1. The number of carbonyl (C=O) groups excluding carboxylic acids is 1. The predicted molar refractivity (Wildman–Crippen MR) is 113 cm³/mol. The van der Waals surface area contributed by atoms with Crippen LogP contribution >= 0.6 is 24.0 Å². The first-order chi connectivity index (χ1) is 11.7. The van der Waals surface area contributed by atoms with Crippen molar-refractivity contribution in [3.05, 3.63) is 0 Å². The van der Waals surface area contributed by atoms with E-state index in [1.807, 2.05) is 4.90 Å². The van der Waals surface area contributed by atoms with Crippen molar-refractivity contribution in [2.45, 2.75) is 52.6 Å². The quantitative estimate of drug-likeness (QED) is 0.371. The van der Waals surface area contributed by atoms with E-state index in [1.54, 1.807) is 0 Å². The Kier molecular flexibility index (Phi) is 10.7. The molecular weight excluding hydrogens is 431 g/mol. The fourth-order valence-electron chi connectivity index (χ4n) is 3.30. The third kappa shape index (κ3) is 6.58. The molecule has 1 N–H and O–H groups in total. The smallest absolute Gasteiger partial charge is 0.251 e. The lowest BCUT2D eigenvalue weighted by molar-refractivity contribution is -0.142. The van der Waals surface area contributed by atoms with Gasteiger partial charge in [0, 0.05) is 45.9 Å². The number of hydrogen-bond donors (Lipinski definition) is 1. The molecule has 146 valence electrons. The molecule has 0 radical (unpaired) electrons. The summed E-state index contributed by atoms with van der Waals surface area (Å²) in [4.78, 5) is 21.5. The van der Waals surface area contributed by atoms with E-state index in [0.29, 0.717) is 5.92 Å². The molecule has 7 heteroatoms. The van der Waals surface area contributed by atoms with Gasteiger partial charge in [0.25, 0.3) is 5.91 Å². The molecule has 0 aliphatic carbocycles. The van der Waals surface area contributed by atoms with Gasteiger partial charge in [-0.2, -0.15) is 0 Å². The Morgan fingerprint density at radius 2 is 1.80 bits per heavy atom. The number of ether oxygens (including phenoxy) is 1. The van der Waals surface area contributed by atoms with E-state index in [-0.39, 0.29) is 36.0 Å². The van der Waals surface area contributed by atoms with Gasteiger partial charge in [0.1, 0.15) is 6.10 Å². The first-order valence-electron chi connectivity index (χ1n) is 9.63. The first-order valence-corrected chi connectivity index (χ1v) is 9.63. The second-order valence-corrected chi connectivity index (χ2v) is 6.69. The zero-order valence-electron chi connectivity index (χ0n) is 16.0. The van der Waals surface area contributed by atoms with Crippen LogP contribution < -0.4 is 5.32 Å². The Morgan fingerprint density at radius 3 is 2.32 bits per heavy atom. The number of hydrogen-bond acceptors (Lipinski definition) is 3. The summed E-state index contributed by atoms with van der Waals surface area (Å²) in [6, 6.07) is 0. The Bertz CT molecular complexity index is 415. The van der Waals surface area contributed by atoms with E-state index in [9.17, 15) is 4.79 Å². The van der Waals surface area contributed by atoms with E-state index in [0.717, 1.165) is 64.7 Å². The standard InChI is InChI=1S/C18H34N4O2.HI/c1-4-15(5-2)14-20-18(19-6-3)22-11-9-21(10-12-22)17(23)16-8-7-13-24-16;/h15-16H,4-14H2,1-3H3,(H,19,20);1H. The van der Waals surface area contributed by atoms with Crippen molar-refractivity contribution in [3.8, 4) is 0 Å². The normalized spacial score (nSPS) is 21.4. The fourth-order valence-corrected chi connectivity index (χ4v) is 3.30. The van der Waals surface area contributed by atoms with Crippen LogP contribution in [-0.4, -0.2) is 73.6 Å². The lowest BCUT2D eigenvalue weighted by atomic mass is 10.0. The SMILES string of the molecule is CCNC(=NCC(CC)CC)N1CCN(C(=O)C2CCCO2)CC1.I. The molecule has 0 aromatic carbocycles. The molecule has 1 atom stereocenters. The lowest BCUT2D eigenvalue weighted by Crippen LogP contribution is -2.55. The van der Waals surface area contributed by atoms with E-state index in [2.05, 4.69) is 31.0 Å². The molecule has 2 saturated heterocycles. The molecule has 2 heterocycles. The number of halogens is 1. The minimum Gasteiger partial charge on any atom is -0.368 e. The molecule has 0 aromatic heterocycles. The predicted octanol–water partition coefficient (Wildman–Crippen LogP) is 2.33. The summed E-state index contributed by atoms with van der Waals surface area (Å²) >= 11 is 0. The Labute approximate surface area is 169 Å². The first kappa shape index (κ1) is 22.5. The molecule has 0 bridgehead atoms. The summed E-state index contributed by atoms with van der Waals surface area (Å²) in [5, 5.41) is 3.40. The second kappa shape index (κ2) is 11.9. The molecule has 2 aliphatic rings. The van der Waals surface area contributed by atoms with Gasteiger partial charge >= 0.3 is 0 Å². The van der Waals surface area contributed by atoms with Crippen LogP contribution in [0.5, 0.6) is 0 Å². The van der Waals surface area contributed by atoms with Gasteiger partial charge in [0.05, 0.1) is 0 Å². The molecule has 2 aliphatic heterocycles. The number of guanidine groups is 1. The summed E-state index contributed by atoms with van der Waals surface area (Å²) in [6.07, 6.45) is 4.02. The van der Waals surface area contributed by atoms with Crippen LogP contribution in [-0.2, 0) is 9.53 Å². The molecule has 6 nitrogen and oxygen atoms in total. The number of nitrogens with zero attached hydrogens (tertiary/aromatic N) is 3. The summed E-state index contributed by atoms with van der Waals surface area (Å²) in [5.41, 5.74) is 0. The molecule has 1 unspecified atom stereocenters. The molecule has 2 fully saturated rings. The maximum atomic E-state index is 12.4. The summed E-state index contributed by atoms with van der Waals surface area (Å²) in [5.74, 6) is 1.82. The minimum absolute atomic E-state index is 0. The van der Waals surface area contributed by atoms with E-state index in [4.69, 9.17) is 9.73 Å². The summed E-state index contributed by atoms with van der Waals surface area (Å²) < 4.78 is 5.53. The monoisotopic (exact) mass is 466 g/mol. The second-order valence-electron chi connectivity index (χ2n) is 6.69. The van der Waals surface area contributed by atoms with Crippen LogP contribution in [0.4, 0.5) is 0 Å². The highest BCUT2D eigenvalue weighted by molar-refractivity contribution is 14.0. The van der Waals surface area contributed by atoms with Gasteiger partial charge in [-0.1, -0.05) is 26.7 Å². The fraction of sp³-hybridized carbons (Fsp3) is 0.889. The Balaban J connectivity index is 0.00000312. The average molecular weight is 466 g/mol. The highest BCUT2D eigenvalue weighted by Crippen LogP contribution is 2.16. The van der Waals surface area contributed by atoms with Gasteiger partial charge in [-0.15, -0.1) is 24.0 Å². The molecule has 25 heavy (non-hydrogen) atoms. The van der Waals surface area contributed by atoms with E-state index >= 15 is 0 Å². The van der Waals surface area contributed by atoms with Crippen molar-refractivity contribution in [1.82, 2.24) is 15.1 Å². The molecule has 0 saturated carbocycles. The van der Waals surface area contributed by atoms with Crippen molar-refractivity contribution >= 4 is 35.8 Å². The van der Waals surface area contributed by atoms with Crippen molar-refractivity contribution < 1.29 is 9.53 Å². The number of amides is 1. The van der Waals surface area contributed by atoms with E-state index < -0.39 is 0 Å². The van der Waals surface area contributed by atoms with Crippen molar-refractivity contribution in [3.63, 3.8) is 0 Å². The number of carbonyl (C=O) groups is 1. The number of aliphatic imine (C=N–C) groups is 1. The zero-order valence-corrected chi connectivity index (χ0v) is 18.3. The van der Waals surface area contributed by atoms with Crippen LogP contribution in [0.15, 0.2) is 4.99 Å². The van der Waals surface area contributed by atoms with Crippen molar-refractivity contribution in [2.75, 3.05) is 45.9 Å². The van der Waals surface area contributed by atoms with Gasteiger partial charge in [0.15, 0.2) is 5.96 Å². The van der Waals surface area contributed by atoms with Crippen LogP contribution in [0.2, 0.25) is 0 Å². The third-order valence-corrected chi connectivity index (χ3v) is 5.08. The topological polar surface area (TPSA) is 57.2 Å². The van der Waals surface area contributed by atoms with Crippen LogP contribution in [0.1, 0.15) is 46.5 Å². The molecular formula is C18H35IN4O2. The van der Waals surface area contributed by atoms with Gasteiger partial charge in [-0.3, -0.25) is 9.79 Å². The van der Waals surface area contributed by atoms with Gasteiger partial charge in [-0.25, -0.2) is 0 Å². The van der Waals surface area contributed by atoms with Crippen LogP contribution in [0, 0.1) is 5.92 Å². The Hall–Kier alpha value is -0.570. The van der Waals surface area contributed by atoms with E-state index in [1.165, 1.54) is 12.8 Å². The Morgan fingerprint density at radius 1 is 1.16 bits per heavy atom. The number of piperazine rings is 1. The third-order valence-electron chi connectivity index (χ3n) is 5.08. The maximum Gasteiger partial charge on any atom is 0.251 e. The number of rotatable bonds is 6. The van der Waals surface area contributed by atoms with Gasteiger partial charge < -0.3 is 19.9 Å². The van der Waals surface area contributed by atoms with Crippen molar-refractivity contribution in [2.24, 2.45) is 10.9 Å². The van der Waals surface area contributed by atoms with Gasteiger partial charge in [0.2, 0.25) is 0 Å². The van der Waals surface area contributed by atoms with Crippen molar-refractivity contribution in [1.29, 1.82) is 0 Å². The highest BCUT2D eigenvalue weighted by atomic mass is 127. The summed E-state index contributed by atoms with van der Waals surface area (Å²) in [6.45, 7) is 12.2. The molecule has 2 rings (SSSR count). The summed E-state index contributed by atoms with van der Waals surface area (Å²) in [7, 11) is 0. The van der Waals surface area contributed by atoms with Crippen LogP contribution in [0.25, 0.3) is 0 Å². The zero-order chi connectivity index (χ0) is 17.4. The van der Waals surface area contributed by atoms with Crippen LogP contribution in [0.3, 0.4) is 0 Å².